The third-order valence-electron chi connectivity index (χ3n) is 6.94. The lowest BCUT2D eigenvalue weighted by Gasteiger charge is -2.38. The summed E-state index contributed by atoms with van der Waals surface area (Å²) in [5.41, 5.74) is 3.16. The van der Waals surface area contributed by atoms with Gasteiger partial charge in [-0.25, -0.2) is 0 Å². The van der Waals surface area contributed by atoms with Crippen LogP contribution in [0.3, 0.4) is 0 Å². The Morgan fingerprint density at radius 1 is 1.11 bits per heavy atom. The van der Waals surface area contributed by atoms with Crippen LogP contribution in [0.5, 0.6) is 0 Å². The Balaban J connectivity index is 1.58. The summed E-state index contributed by atoms with van der Waals surface area (Å²) in [5.74, 6) is 0.570. The Morgan fingerprint density at radius 3 is 2.70 bits per heavy atom. The minimum atomic E-state index is 0.308. The Hall–Kier alpha value is -1.28. The van der Waals surface area contributed by atoms with Crippen molar-refractivity contribution in [3.05, 3.63) is 64.7 Å². The summed E-state index contributed by atoms with van der Waals surface area (Å²) in [7, 11) is 0. The van der Waals surface area contributed by atoms with Crippen LogP contribution < -0.4 is 4.90 Å². The van der Waals surface area contributed by atoms with Crippen LogP contribution in [0.25, 0.3) is 0 Å². The Bertz CT molecular complexity index is 744. The molecule has 1 fully saturated rings. The van der Waals surface area contributed by atoms with E-state index in [1.807, 2.05) is 0 Å². The van der Waals surface area contributed by atoms with Crippen molar-refractivity contribution in [3.63, 3.8) is 0 Å². The lowest BCUT2D eigenvalue weighted by atomic mass is 9.67. The summed E-state index contributed by atoms with van der Waals surface area (Å²) >= 11 is 3.72. The van der Waals surface area contributed by atoms with E-state index >= 15 is 0 Å². The van der Waals surface area contributed by atoms with E-state index in [0.29, 0.717) is 23.4 Å². The van der Waals surface area contributed by atoms with E-state index in [1.54, 1.807) is 0 Å². The molecule has 0 N–H and O–H groups in total. The highest BCUT2D eigenvalue weighted by molar-refractivity contribution is 9.11. The van der Waals surface area contributed by atoms with E-state index in [9.17, 15) is 0 Å². The predicted octanol–water partition coefficient (Wildman–Crippen LogP) is 7.19. The molecule has 0 saturated carbocycles. The van der Waals surface area contributed by atoms with Gasteiger partial charge < -0.3 is 4.90 Å². The van der Waals surface area contributed by atoms with E-state index in [1.165, 1.54) is 60.7 Å². The van der Waals surface area contributed by atoms with Crippen LogP contribution in [0.2, 0.25) is 0 Å². The standard InChI is InChI=1S/C25H32BrN/c1-3-4-5-6-9-19-11-14-21(15-12-19)27-23-16-13-20(26)18-22(23)25(2)17-8-7-10-24(25)27/h7,10-16,18,22-24H,3-6,8-9,17H2,1-2H3. The Labute approximate surface area is 173 Å². The first-order chi connectivity index (χ1) is 13.1. The fourth-order valence-corrected chi connectivity index (χ4v) is 5.79. The van der Waals surface area contributed by atoms with Gasteiger partial charge in [0.15, 0.2) is 0 Å². The SMILES string of the molecule is CCCCCCc1ccc(N2C3C=CC(Br)=CC3C3(C)CCC=CC23)cc1. The third kappa shape index (κ3) is 3.58. The summed E-state index contributed by atoms with van der Waals surface area (Å²) in [6.45, 7) is 4.77. The molecule has 1 aromatic carbocycles. The molecule has 0 aromatic heterocycles. The third-order valence-corrected chi connectivity index (χ3v) is 7.47. The summed E-state index contributed by atoms with van der Waals surface area (Å²) < 4.78 is 1.24. The number of rotatable bonds is 6. The molecule has 0 spiro atoms. The molecule has 3 aliphatic rings. The molecule has 2 aliphatic carbocycles. The predicted molar refractivity (Wildman–Crippen MR) is 120 cm³/mol. The zero-order valence-corrected chi connectivity index (χ0v) is 18.3. The van der Waals surface area contributed by atoms with Crippen molar-refractivity contribution in [3.8, 4) is 0 Å². The van der Waals surface area contributed by atoms with Gasteiger partial charge in [0.2, 0.25) is 0 Å². The van der Waals surface area contributed by atoms with E-state index in [2.05, 4.69) is 89.3 Å². The van der Waals surface area contributed by atoms with Crippen LogP contribution >= 0.6 is 15.9 Å². The summed E-state index contributed by atoms with van der Waals surface area (Å²) in [4.78, 5) is 2.67. The highest BCUT2D eigenvalue weighted by Gasteiger charge is 2.54. The minimum absolute atomic E-state index is 0.308. The first-order valence-corrected chi connectivity index (χ1v) is 11.5. The first-order valence-electron chi connectivity index (χ1n) is 10.7. The van der Waals surface area contributed by atoms with E-state index in [0.717, 1.165) is 0 Å². The van der Waals surface area contributed by atoms with Crippen molar-refractivity contribution >= 4 is 21.6 Å². The van der Waals surface area contributed by atoms with Gasteiger partial charge in [-0.15, -0.1) is 0 Å². The van der Waals surface area contributed by atoms with E-state index < -0.39 is 0 Å². The van der Waals surface area contributed by atoms with Crippen LogP contribution in [0.15, 0.2) is 59.1 Å². The Kier molecular flexibility index (Phi) is 5.64. The molecule has 1 aromatic rings. The molecule has 0 amide bonds. The van der Waals surface area contributed by atoms with Crippen LogP contribution in [-0.4, -0.2) is 12.1 Å². The molecule has 4 rings (SSSR count). The quantitative estimate of drug-likeness (QED) is 0.344. The molecule has 0 bridgehead atoms. The lowest BCUT2D eigenvalue weighted by molar-refractivity contribution is 0.230. The number of anilines is 1. The normalized spacial score (nSPS) is 31.6. The summed E-state index contributed by atoms with van der Waals surface area (Å²) in [6, 6.07) is 10.4. The molecular formula is C25H32BrN. The second-order valence-electron chi connectivity index (χ2n) is 8.73. The number of halogens is 1. The fraction of sp³-hybridized carbons (Fsp3) is 0.520. The molecule has 1 saturated heterocycles. The van der Waals surface area contributed by atoms with E-state index in [4.69, 9.17) is 0 Å². The van der Waals surface area contributed by atoms with Gasteiger partial charge in [-0.2, -0.15) is 0 Å². The van der Waals surface area contributed by atoms with Crippen molar-refractivity contribution in [1.29, 1.82) is 0 Å². The maximum atomic E-state index is 3.72. The number of unbranched alkanes of at least 4 members (excludes halogenated alkanes) is 3. The molecule has 1 aliphatic heterocycles. The fourth-order valence-electron chi connectivity index (χ4n) is 5.35. The van der Waals surface area contributed by atoms with Crippen molar-refractivity contribution < 1.29 is 0 Å². The number of fused-ring (bicyclic) bond motifs is 3. The smallest absolute Gasteiger partial charge is 0.0552 e. The van der Waals surface area contributed by atoms with Crippen molar-refractivity contribution in [1.82, 2.24) is 0 Å². The summed E-state index contributed by atoms with van der Waals surface area (Å²) in [5, 5.41) is 0. The van der Waals surface area contributed by atoms with Gasteiger partial charge in [-0.1, -0.05) is 91.6 Å². The lowest BCUT2D eigenvalue weighted by Crippen LogP contribution is -2.40. The number of benzene rings is 1. The zero-order valence-electron chi connectivity index (χ0n) is 16.7. The monoisotopic (exact) mass is 425 g/mol. The number of nitrogens with zero attached hydrogens (tertiary/aromatic N) is 1. The average Bonchev–Trinajstić information content (AvgIpc) is 2.94. The van der Waals surface area contributed by atoms with Crippen LogP contribution in [-0.2, 0) is 6.42 Å². The molecular weight excluding hydrogens is 394 g/mol. The molecule has 144 valence electrons. The molecule has 4 atom stereocenters. The van der Waals surface area contributed by atoms with Gasteiger partial charge in [0.25, 0.3) is 0 Å². The first kappa shape index (κ1) is 19.1. The number of hydrogen-bond acceptors (Lipinski definition) is 1. The van der Waals surface area contributed by atoms with Crippen molar-refractivity contribution in [2.45, 2.75) is 70.9 Å². The van der Waals surface area contributed by atoms with Gasteiger partial charge in [0.05, 0.1) is 12.1 Å². The zero-order chi connectivity index (χ0) is 18.9. The van der Waals surface area contributed by atoms with Crippen LogP contribution in [0, 0.1) is 11.3 Å². The van der Waals surface area contributed by atoms with Crippen LogP contribution in [0.1, 0.15) is 57.9 Å². The van der Waals surface area contributed by atoms with E-state index in [-0.39, 0.29) is 0 Å². The number of hydrogen-bond donors (Lipinski definition) is 0. The molecule has 1 heterocycles. The maximum absolute atomic E-state index is 3.72. The van der Waals surface area contributed by atoms with Gasteiger partial charge in [0, 0.05) is 21.5 Å². The maximum Gasteiger partial charge on any atom is 0.0552 e. The molecule has 4 unspecified atom stereocenters. The highest BCUT2D eigenvalue weighted by Crippen LogP contribution is 2.54. The van der Waals surface area contributed by atoms with Gasteiger partial charge in [-0.3, -0.25) is 0 Å². The second-order valence-corrected chi connectivity index (χ2v) is 9.64. The van der Waals surface area contributed by atoms with Crippen molar-refractivity contribution in [2.75, 3.05) is 4.90 Å². The number of allylic oxidation sites excluding steroid dienone is 3. The average molecular weight is 426 g/mol. The largest absolute Gasteiger partial charge is 0.357 e. The topological polar surface area (TPSA) is 3.24 Å². The van der Waals surface area contributed by atoms with Gasteiger partial charge in [-0.05, 0) is 43.4 Å². The van der Waals surface area contributed by atoms with Gasteiger partial charge >= 0.3 is 0 Å². The summed E-state index contributed by atoms with van der Waals surface area (Å²) in [6.07, 6.45) is 21.0. The molecule has 1 nitrogen and oxygen atoms in total. The van der Waals surface area contributed by atoms with Crippen molar-refractivity contribution in [2.24, 2.45) is 11.3 Å². The van der Waals surface area contributed by atoms with Gasteiger partial charge in [0.1, 0.15) is 0 Å². The van der Waals surface area contributed by atoms with Crippen LogP contribution in [0.4, 0.5) is 5.69 Å². The molecule has 27 heavy (non-hydrogen) atoms. The highest BCUT2D eigenvalue weighted by atomic mass is 79.9. The second kappa shape index (κ2) is 7.99. The molecule has 0 radical (unpaired) electrons. The Morgan fingerprint density at radius 2 is 1.93 bits per heavy atom. The molecule has 2 heteroatoms. The minimum Gasteiger partial charge on any atom is -0.357 e. The number of aryl methyl sites for hydroxylation is 1.